The summed E-state index contributed by atoms with van der Waals surface area (Å²) in [6, 6.07) is 6.09. The van der Waals surface area contributed by atoms with Crippen molar-refractivity contribution in [1.29, 1.82) is 0 Å². The lowest BCUT2D eigenvalue weighted by atomic mass is 10.1. The molecule has 1 N–H and O–H groups in total. The Morgan fingerprint density at radius 2 is 2.05 bits per heavy atom. The molecule has 1 heterocycles. The summed E-state index contributed by atoms with van der Waals surface area (Å²) >= 11 is 1.30. The average molecular weight is 276 g/mol. The third kappa shape index (κ3) is 3.12. The number of nitrogens with zero attached hydrogens (tertiary/aromatic N) is 1. The van der Waals surface area contributed by atoms with E-state index >= 15 is 0 Å². The highest BCUT2D eigenvalue weighted by Gasteiger charge is 2.12. The number of ether oxygens (including phenoxy) is 1. The molecule has 100 valence electrons. The number of nitrogens with one attached hydrogen (secondary N) is 1. The quantitative estimate of drug-likeness (QED) is 0.865. The van der Waals surface area contributed by atoms with Crippen molar-refractivity contribution < 1.29 is 9.53 Å². The molecule has 0 spiro atoms. The van der Waals surface area contributed by atoms with Crippen molar-refractivity contribution in [2.45, 2.75) is 20.8 Å². The first kappa shape index (κ1) is 13.5. The Labute approximate surface area is 116 Å². The van der Waals surface area contributed by atoms with Gasteiger partial charge in [0.15, 0.2) is 5.13 Å². The van der Waals surface area contributed by atoms with Crippen LogP contribution in [0.3, 0.4) is 0 Å². The highest BCUT2D eigenvalue weighted by atomic mass is 32.1. The monoisotopic (exact) mass is 276 g/mol. The summed E-state index contributed by atoms with van der Waals surface area (Å²) in [6.45, 7) is 6.23. The number of anilines is 2. The van der Waals surface area contributed by atoms with Crippen molar-refractivity contribution in [3.63, 3.8) is 0 Å². The fourth-order valence-electron chi connectivity index (χ4n) is 1.75. The summed E-state index contributed by atoms with van der Waals surface area (Å²) in [6.07, 6.45) is 1.54. The van der Waals surface area contributed by atoms with E-state index < -0.39 is 0 Å². The van der Waals surface area contributed by atoms with E-state index in [9.17, 15) is 4.79 Å². The Kier molecular flexibility index (Phi) is 4.16. The van der Waals surface area contributed by atoms with Gasteiger partial charge in [0.2, 0.25) is 0 Å². The molecule has 0 aliphatic carbocycles. The first-order valence-electron chi connectivity index (χ1n) is 6.08. The molecule has 2 rings (SSSR count). The van der Waals surface area contributed by atoms with E-state index in [0.717, 1.165) is 16.8 Å². The smallest absolute Gasteiger partial charge is 0.350 e. The molecule has 1 aromatic carbocycles. The fraction of sp³-hybridized carbons (Fsp3) is 0.286. The van der Waals surface area contributed by atoms with Gasteiger partial charge >= 0.3 is 5.97 Å². The molecule has 5 heteroatoms. The van der Waals surface area contributed by atoms with Crippen LogP contribution in [-0.2, 0) is 4.74 Å². The van der Waals surface area contributed by atoms with Crippen molar-refractivity contribution in [2.75, 3.05) is 11.9 Å². The van der Waals surface area contributed by atoms with Crippen molar-refractivity contribution in [3.8, 4) is 0 Å². The van der Waals surface area contributed by atoms with Gasteiger partial charge in [-0.15, -0.1) is 0 Å². The maximum Gasteiger partial charge on any atom is 0.350 e. The van der Waals surface area contributed by atoms with Crippen molar-refractivity contribution in [2.24, 2.45) is 0 Å². The zero-order valence-corrected chi connectivity index (χ0v) is 12.0. The molecule has 2 aromatic rings. The van der Waals surface area contributed by atoms with Crippen LogP contribution in [0.1, 0.15) is 27.7 Å². The van der Waals surface area contributed by atoms with Crippen LogP contribution in [-0.4, -0.2) is 17.6 Å². The number of para-hydroxylation sites is 1. The summed E-state index contributed by atoms with van der Waals surface area (Å²) in [7, 11) is 0. The lowest BCUT2D eigenvalue weighted by Crippen LogP contribution is -2.01. The highest BCUT2D eigenvalue weighted by Crippen LogP contribution is 2.27. The van der Waals surface area contributed by atoms with E-state index in [-0.39, 0.29) is 5.97 Å². The van der Waals surface area contributed by atoms with Gasteiger partial charge in [-0.25, -0.2) is 9.78 Å². The van der Waals surface area contributed by atoms with Gasteiger partial charge in [0.25, 0.3) is 0 Å². The lowest BCUT2D eigenvalue weighted by Gasteiger charge is -2.09. The van der Waals surface area contributed by atoms with Crippen molar-refractivity contribution >= 4 is 28.1 Å². The zero-order chi connectivity index (χ0) is 13.8. The Morgan fingerprint density at radius 1 is 1.37 bits per heavy atom. The van der Waals surface area contributed by atoms with E-state index in [1.165, 1.54) is 11.3 Å². The predicted octanol–water partition coefficient (Wildman–Crippen LogP) is 3.68. The number of hydrogen-bond donors (Lipinski definition) is 1. The van der Waals surface area contributed by atoms with Crippen LogP contribution in [0.4, 0.5) is 10.8 Å². The van der Waals surface area contributed by atoms with Crippen LogP contribution in [0.2, 0.25) is 0 Å². The number of hydrogen-bond acceptors (Lipinski definition) is 5. The second-order valence-electron chi connectivity index (χ2n) is 4.14. The van der Waals surface area contributed by atoms with E-state index in [2.05, 4.69) is 10.3 Å². The number of benzene rings is 1. The Balaban J connectivity index is 2.18. The zero-order valence-electron chi connectivity index (χ0n) is 11.2. The number of aromatic nitrogens is 1. The predicted molar refractivity (Wildman–Crippen MR) is 77.3 cm³/mol. The second kappa shape index (κ2) is 5.84. The third-order valence-corrected chi connectivity index (χ3v) is 3.59. The van der Waals surface area contributed by atoms with Gasteiger partial charge in [0.1, 0.15) is 4.88 Å². The lowest BCUT2D eigenvalue weighted by molar-refractivity contribution is 0.0532. The molecule has 0 fully saturated rings. The normalized spacial score (nSPS) is 10.3. The largest absolute Gasteiger partial charge is 0.462 e. The SMILES string of the molecule is CCOC(=O)c1cnc(Nc2c(C)cccc2C)s1. The van der Waals surface area contributed by atoms with Crippen LogP contribution in [0.5, 0.6) is 0 Å². The molecular weight excluding hydrogens is 260 g/mol. The van der Waals surface area contributed by atoms with Gasteiger partial charge in [0.05, 0.1) is 12.8 Å². The first-order valence-corrected chi connectivity index (χ1v) is 6.89. The first-order chi connectivity index (χ1) is 9.11. The molecular formula is C14H16N2O2S. The molecule has 0 amide bonds. The van der Waals surface area contributed by atoms with Crippen molar-refractivity contribution in [3.05, 3.63) is 40.4 Å². The maximum atomic E-state index is 11.6. The minimum absolute atomic E-state index is 0.324. The van der Waals surface area contributed by atoms with Crippen LogP contribution in [0.25, 0.3) is 0 Å². The molecule has 0 radical (unpaired) electrons. The van der Waals surface area contributed by atoms with Gasteiger partial charge < -0.3 is 10.1 Å². The molecule has 0 saturated carbocycles. The summed E-state index contributed by atoms with van der Waals surface area (Å²) in [4.78, 5) is 16.3. The van der Waals surface area contributed by atoms with Gasteiger partial charge in [-0.3, -0.25) is 0 Å². The molecule has 0 saturated heterocycles. The Hall–Kier alpha value is -1.88. The molecule has 4 nitrogen and oxygen atoms in total. The number of thiazole rings is 1. The fourth-order valence-corrected chi connectivity index (χ4v) is 2.46. The summed E-state index contributed by atoms with van der Waals surface area (Å²) in [5.41, 5.74) is 3.33. The molecule has 1 aromatic heterocycles. The standard InChI is InChI=1S/C14H16N2O2S/c1-4-18-13(17)11-8-15-14(19-11)16-12-9(2)6-5-7-10(12)3/h5-8H,4H2,1-3H3,(H,15,16). The maximum absolute atomic E-state index is 11.6. The van der Waals surface area contributed by atoms with Crippen molar-refractivity contribution in [1.82, 2.24) is 4.98 Å². The van der Waals surface area contributed by atoms with Crippen LogP contribution in [0.15, 0.2) is 24.4 Å². The average Bonchev–Trinajstić information content (AvgIpc) is 2.83. The number of rotatable bonds is 4. The van der Waals surface area contributed by atoms with Crippen LogP contribution in [0, 0.1) is 13.8 Å². The number of esters is 1. The van der Waals surface area contributed by atoms with Gasteiger partial charge in [-0.05, 0) is 31.9 Å². The molecule has 0 bridgehead atoms. The van der Waals surface area contributed by atoms with E-state index in [1.807, 2.05) is 32.0 Å². The molecule has 0 unspecified atom stereocenters. The van der Waals surface area contributed by atoms with E-state index in [1.54, 1.807) is 13.1 Å². The summed E-state index contributed by atoms with van der Waals surface area (Å²) in [5.74, 6) is -0.324. The van der Waals surface area contributed by atoms with Crippen LogP contribution < -0.4 is 5.32 Å². The molecule has 19 heavy (non-hydrogen) atoms. The molecule has 0 aliphatic heterocycles. The Morgan fingerprint density at radius 3 is 2.68 bits per heavy atom. The van der Waals surface area contributed by atoms with Crippen LogP contribution >= 0.6 is 11.3 Å². The topological polar surface area (TPSA) is 51.2 Å². The van der Waals surface area contributed by atoms with E-state index in [4.69, 9.17) is 4.74 Å². The Bertz CT molecular complexity index is 573. The molecule has 0 atom stereocenters. The minimum Gasteiger partial charge on any atom is -0.462 e. The summed E-state index contributed by atoms with van der Waals surface area (Å²) in [5, 5.41) is 3.95. The second-order valence-corrected chi connectivity index (χ2v) is 5.17. The minimum atomic E-state index is -0.324. The van der Waals surface area contributed by atoms with Gasteiger partial charge in [0, 0.05) is 5.69 Å². The third-order valence-electron chi connectivity index (χ3n) is 2.70. The molecule has 0 aliphatic rings. The van der Waals surface area contributed by atoms with E-state index in [0.29, 0.717) is 16.6 Å². The number of aryl methyl sites for hydroxylation is 2. The summed E-state index contributed by atoms with van der Waals surface area (Å²) < 4.78 is 4.94. The van der Waals surface area contributed by atoms with Gasteiger partial charge in [-0.1, -0.05) is 29.5 Å². The number of carbonyl (C=O) groups excluding carboxylic acids is 1. The number of carbonyl (C=O) groups is 1. The highest BCUT2D eigenvalue weighted by molar-refractivity contribution is 7.17. The van der Waals surface area contributed by atoms with Gasteiger partial charge in [-0.2, -0.15) is 0 Å².